The third-order valence-corrected chi connectivity index (χ3v) is 5.12. The summed E-state index contributed by atoms with van der Waals surface area (Å²) in [7, 11) is 0. The zero-order valence-electron chi connectivity index (χ0n) is 13.7. The maximum atomic E-state index is 10.5. The van der Waals surface area contributed by atoms with Crippen LogP contribution in [-0.2, 0) is 0 Å². The predicted molar refractivity (Wildman–Crippen MR) is 90.6 cm³/mol. The number of anilines is 2. The molecule has 0 unspecified atom stereocenters. The Morgan fingerprint density at radius 1 is 1.12 bits per heavy atom. The summed E-state index contributed by atoms with van der Waals surface area (Å²) in [4.78, 5) is 19.4. The molecule has 0 amide bonds. The van der Waals surface area contributed by atoms with Crippen LogP contribution >= 0.6 is 0 Å². The summed E-state index contributed by atoms with van der Waals surface area (Å²) in [6.07, 6.45) is 8.20. The molecule has 1 saturated carbocycles. The van der Waals surface area contributed by atoms with E-state index in [9.17, 15) is 5.11 Å². The van der Waals surface area contributed by atoms with Gasteiger partial charge in [-0.25, -0.2) is 15.0 Å². The van der Waals surface area contributed by atoms with Crippen molar-refractivity contribution in [1.29, 1.82) is 0 Å². The van der Waals surface area contributed by atoms with E-state index < -0.39 is 0 Å². The van der Waals surface area contributed by atoms with Gasteiger partial charge in [0.2, 0.25) is 0 Å². The van der Waals surface area contributed by atoms with Gasteiger partial charge in [-0.15, -0.1) is 0 Å². The lowest BCUT2D eigenvalue weighted by Gasteiger charge is -2.35. The van der Waals surface area contributed by atoms with Crippen molar-refractivity contribution in [1.82, 2.24) is 19.9 Å². The molecule has 4 rings (SSSR count). The summed E-state index contributed by atoms with van der Waals surface area (Å²) in [5.74, 6) is 3.57. The first-order valence-corrected chi connectivity index (χ1v) is 8.44. The molecule has 2 aliphatic rings. The van der Waals surface area contributed by atoms with E-state index in [1.807, 2.05) is 19.2 Å². The van der Waals surface area contributed by atoms with Gasteiger partial charge in [0.1, 0.15) is 17.5 Å². The minimum absolute atomic E-state index is 0.0232. The molecular formula is C17H22N6O. The maximum Gasteiger partial charge on any atom is 0.144 e. The standard InChI is InChI=1S/C17H22N6O/c1-11-19-3-2-17(21-11)23-9-12-6-14(15(24)7-13(12)10-23)22-16-8-18-4-5-20-16/h2-5,8,12-15,24H,6-7,9-10H2,1H3,(H,20,22)/t12-,13+,14-,15-/m1/s1. The van der Waals surface area contributed by atoms with Crippen LogP contribution < -0.4 is 10.2 Å². The van der Waals surface area contributed by atoms with Crippen LogP contribution in [0, 0.1) is 18.8 Å². The highest BCUT2D eigenvalue weighted by atomic mass is 16.3. The Morgan fingerprint density at radius 2 is 1.96 bits per heavy atom. The number of nitrogens with one attached hydrogen (secondary N) is 1. The van der Waals surface area contributed by atoms with Gasteiger partial charge >= 0.3 is 0 Å². The number of aromatic nitrogens is 4. The van der Waals surface area contributed by atoms with Crippen LogP contribution in [0.15, 0.2) is 30.9 Å². The quantitative estimate of drug-likeness (QED) is 0.878. The van der Waals surface area contributed by atoms with Gasteiger partial charge in [0.25, 0.3) is 0 Å². The number of rotatable bonds is 3. The smallest absolute Gasteiger partial charge is 0.144 e. The first-order valence-electron chi connectivity index (χ1n) is 8.44. The van der Waals surface area contributed by atoms with E-state index >= 15 is 0 Å². The normalized spacial score (nSPS) is 29.3. The molecule has 1 aliphatic heterocycles. The number of aliphatic hydroxyl groups excluding tert-OH is 1. The van der Waals surface area contributed by atoms with E-state index in [0.29, 0.717) is 11.8 Å². The molecule has 2 fully saturated rings. The van der Waals surface area contributed by atoms with Crippen molar-refractivity contribution in [3.05, 3.63) is 36.7 Å². The van der Waals surface area contributed by atoms with E-state index in [4.69, 9.17) is 0 Å². The lowest BCUT2D eigenvalue weighted by Crippen LogP contribution is -2.43. The van der Waals surface area contributed by atoms with E-state index in [-0.39, 0.29) is 12.1 Å². The first kappa shape index (κ1) is 15.3. The molecule has 2 aromatic rings. The zero-order valence-corrected chi connectivity index (χ0v) is 13.7. The van der Waals surface area contributed by atoms with Crippen molar-refractivity contribution in [3.8, 4) is 0 Å². The minimum Gasteiger partial charge on any atom is -0.391 e. The average molecular weight is 326 g/mol. The molecule has 3 heterocycles. The molecular weight excluding hydrogens is 304 g/mol. The zero-order chi connectivity index (χ0) is 16.5. The number of aliphatic hydroxyl groups is 1. The van der Waals surface area contributed by atoms with Crippen molar-refractivity contribution in [2.75, 3.05) is 23.3 Å². The molecule has 0 aromatic carbocycles. The van der Waals surface area contributed by atoms with Crippen molar-refractivity contribution in [2.45, 2.75) is 31.9 Å². The third-order valence-electron chi connectivity index (χ3n) is 5.12. The molecule has 7 nitrogen and oxygen atoms in total. The summed E-state index contributed by atoms with van der Waals surface area (Å²) in [5, 5.41) is 13.9. The Hall–Kier alpha value is -2.28. The predicted octanol–water partition coefficient (Wildman–Crippen LogP) is 1.26. The Bertz CT molecular complexity index is 696. The van der Waals surface area contributed by atoms with Crippen LogP contribution in [0.25, 0.3) is 0 Å². The molecule has 0 bridgehead atoms. The van der Waals surface area contributed by atoms with Gasteiger partial charge in [0.05, 0.1) is 18.3 Å². The second-order valence-electron chi connectivity index (χ2n) is 6.77. The monoisotopic (exact) mass is 326 g/mol. The fraction of sp³-hybridized carbons (Fsp3) is 0.529. The molecule has 2 N–H and O–H groups in total. The second kappa shape index (κ2) is 6.32. The van der Waals surface area contributed by atoms with Gasteiger partial charge in [-0.05, 0) is 37.7 Å². The molecule has 4 atom stereocenters. The van der Waals surface area contributed by atoms with E-state index in [1.54, 1.807) is 18.6 Å². The summed E-state index contributed by atoms with van der Waals surface area (Å²) in [6.45, 7) is 3.85. The number of nitrogens with zero attached hydrogens (tertiary/aromatic N) is 5. The number of fused-ring (bicyclic) bond motifs is 1. The van der Waals surface area contributed by atoms with Crippen molar-refractivity contribution < 1.29 is 5.11 Å². The highest BCUT2D eigenvalue weighted by molar-refractivity contribution is 5.40. The van der Waals surface area contributed by atoms with Crippen molar-refractivity contribution in [3.63, 3.8) is 0 Å². The largest absolute Gasteiger partial charge is 0.391 e. The van der Waals surface area contributed by atoms with Gasteiger partial charge in [-0.3, -0.25) is 4.98 Å². The SMILES string of the molecule is Cc1nccc(N2C[C@H]3C[C@@H](Nc4cnccn4)[C@H](O)C[C@H]3C2)n1. The molecule has 0 spiro atoms. The number of hydrogen-bond donors (Lipinski definition) is 2. The van der Waals surface area contributed by atoms with E-state index in [1.165, 1.54) is 0 Å². The fourth-order valence-corrected chi connectivity index (χ4v) is 3.96. The van der Waals surface area contributed by atoms with Crippen LogP contribution in [0.1, 0.15) is 18.7 Å². The molecule has 0 radical (unpaired) electrons. The van der Waals surface area contributed by atoms with Crippen LogP contribution in [0.2, 0.25) is 0 Å². The van der Waals surface area contributed by atoms with Gasteiger partial charge in [-0.2, -0.15) is 0 Å². The number of aryl methyl sites for hydroxylation is 1. The Balaban J connectivity index is 1.45. The van der Waals surface area contributed by atoms with Crippen LogP contribution in [-0.4, -0.2) is 50.3 Å². The van der Waals surface area contributed by atoms with Gasteiger partial charge in [0.15, 0.2) is 0 Å². The summed E-state index contributed by atoms with van der Waals surface area (Å²) < 4.78 is 0. The summed E-state index contributed by atoms with van der Waals surface area (Å²) in [6, 6.07) is 1.99. The van der Waals surface area contributed by atoms with Gasteiger partial charge < -0.3 is 15.3 Å². The van der Waals surface area contributed by atoms with E-state index in [2.05, 4.69) is 30.2 Å². The highest BCUT2D eigenvalue weighted by Crippen LogP contribution is 2.38. The van der Waals surface area contributed by atoms with Crippen LogP contribution in [0.5, 0.6) is 0 Å². The average Bonchev–Trinajstić information content (AvgIpc) is 2.99. The summed E-state index contributed by atoms with van der Waals surface area (Å²) >= 11 is 0. The van der Waals surface area contributed by atoms with Crippen molar-refractivity contribution >= 4 is 11.6 Å². The van der Waals surface area contributed by atoms with Gasteiger partial charge in [0, 0.05) is 31.7 Å². The van der Waals surface area contributed by atoms with Gasteiger partial charge in [-0.1, -0.05) is 0 Å². The molecule has 126 valence electrons. The Kier molecular flexibility index (Phi) is 4.02. The maximum absolute atomic E-state index is 10.5. The van der Waals surface area contributed by atoms with Crippen LogP contribution in [0.3, 0.4) is 0 Å². The Morgan fingerprint density at radius 3 is 2.71 bits per heavy atom. The lowest BCUT2D eigenvalue weighted by molar-refractivity contribution is 0.0737. The third kappa shape index (κ3) is 3.03. The molecule has 7 heteroatoms. The lowest BCUT2D eigenvalue weighted by atomic mass is 9.77. The molecule has 24 heavy (non-hydrogen) atoms. The first-order chi connectivity index (χ1) is 11.7. The number of hydrogen-bond acceptors (Lipinski definition) is 7. The second-order valence-corrected chi connectivity index (χ2v) is 6.77. The van der Waals surface area contributed by atoms with Crippen LogP contribution in [0.4, 0.5) is 11.6 Å². The Labute approximate surface area is 141 Å². The highest BCUT2D eigenvalue weighted by Gasteiger charge is 2.42. The topological polar surface area (TPSA) is 87.1 Å². The van der Waals surface area contributed by atoms with E-state index in [0.717, 1.165) is 43.4 Å². The fourth-order valence-electron chi connectivity index (χ4n) is 3.96. The molecule has 2 aromatic heterocycles. The minimum atomic E-state index is -0.361. The van der Waals surface area contributed by atoms with Crippen molar-refractivity contribution in [2.24, 2.45) is 11.8 Å². The summed E-state index contributed by atoms with van der Waals surface area (Å²) in [5.41, 5.74) is 0. The molecule has 1 aliphatic carbocycles. The molecule has 1 saturated heterocycles.